The minimum atomic E-state index is -0.420. The predicted octanol–water partition coefficient (Wildman–Crippen LogP) is 1.83. The molecule has 1 aliphatic carbocycles. The maximum Gasteiger partial charge on any atom is 0.328 e. The van der Waals surface area contributed by atoms with Gasteiger partial charge in [0, 0.05) is 23.9 Å². The van der Waals surface area contributed by atoms with Crippen molar-refractivity contribution in [2.45, 2.75) is 31.7 Å². The van der Waals surface area contributed by atoms with E-state index in [1.54, 1.807) is 11.4 Å². The van der Waals surface area contributed by atoms with E-state index in [1.165, 1.54) is 12.8 Å². The van der Waals surface area contributed by atoms with Gasteiger partial charge in [-0.2, -0.15) is 10.1 Å². The largest absolute Gasteiger partial charge is 0.462 e. The number of cyclic esters (lactones) is 1. The summed E-state index contributed by atoms with van der Waals surface area (Å²) in [5, 5.41) is 15.3. The Kier molecular flexibility index (Phi) is 3.34. The first-order valence-corrected chi connectivity index (χ1v) is 8.80. The van der Waals surface area contributed by atoms with Crippen LogP contribution in [0.5, 0.6) is 0 Å². The number of carbonyl (C=O) groups is 1. The van der Waals surface area contributed by atoms with E-state index in [9.17, 15) is 4.79 Å². The van der Waals surface area contributed by atoms with Crippen LogP contribution < -0.4 is 10.2 Å². The molecule has 1 saturated heterocycles. The summed E-state index contributed by atoms with van der Waals surface area (Å²) in [5.74, 6) is 2.21. The Labute approximate surface area is 149 Å². The summed E-state index contributed by atoms with van der Waals surface area (Å²) in [4.78, 5) is 18.4. The van der Waals surface area contributed by atoms with Gasteiger partial charge in [0.1, 0.15) is 18.2 Å². The van der Waals surface area contributed by atoms with Gasteiger partial charge in [-0.05, 0) is 31.9 Å². The molecule has 0 spiro atoms. The molecule has 26 heavy (non-hydrogen) atoms. The maximum absolute atomic E-state index is 11.9. The number of rotatable bonds is 4. The number of fused-ring (bicyclic) bond motifs is 1. The number of carbonyl (C=O) groups excluding carboxylic acids is 1. The zero-order valence-electron chi connectivity index (χ0n) is 14.3. The summed E-state index contributed by atoms with van der Waals surface area (Å²) in [7, 11) is 0. The van der Waals surface area contributed by atoms with Crippen molar-refractivity contribution in [3.05, 3.63) is 30.1 Å². The second-order valence-electron chi connectivity index (χ2n) is 6.74. The summed E-state index contributed by atoms with van der Waals surface area (Å²) >= 11 is 0. The number of anilines is 3. The van der Waals surface area contributed by atoms with Crippen LogP contribution in [0.1, 0.15) is 31.4 Å². The Morgan fingerprint density at radius 1 is 1.38 bits per heavy atom. The lowest BCUT2D eigenvalue weighted by atomic mass is 10.2. The molecule has 2 aliphatic rings. The van der Waals surface area contributed by atoms with E-state index < -0.39 is 6.04 Å². The highest BCUT2D eigenvalue weighted by molar-refractivity contribution is 5.80. The fourth-order valence-electron chi connectivity index (χ4n) is 3.22. The highest BCUT2D eigenvalue weighted by Gasteiger charge is 2.30. The lowest BCUT2D eigenvalue weighted by Crippen LogP contribution is -2.48. The van der Waals surface area contributed by atoms with Crippen molar-refractivity contribution in [2.24, 2.45) is 0 Å². The number of nitrogens with zero attached hydrogens (tertiary/aromatic N) is 5. The van der Waals surface area contributed by atoms with Gasteiger partial charge in [0.15, 0.2) is 11.6 Å². The van der Waals surface area contributed by atoms with Crippen molar-refractivity contribution in [3.63, 3.8) is 0 Å². The van der Waals surface area contributed by atoms with E-state index in [1.807, 2.05) is 29.3 Å². The number of morpholine rings is 1. The van der Waals surface area contributed by atoms with E-state index in [-0.39, 0.29) is 5.97 Å². The fourth-order valence-corrected chi connectivity index (χ4v) is 3.22. The normalized spacial score (nSPS) is 20.4. The lowest BCUT2D eigenvalue weighted by molar-refractivity contribution is -0.147. The summed E-state index contributed by atoms with van der Waals surface area (Å²) in [6.07, 6.45) is 4.29. The Hall–Kier alpha value is -3.10. The number of aromatic nitrogens is 5. The zero-order valence-corrected chi connectivity index (χ0v) is 14.3. The van der Waals surface area contributed by atoms with E-state index in [0.29, 0.717) is 30.8 Å². The van der Waals surface area contributed by atoms with E-state index >= 15 is 0 Å². The van der Waals surface area contributed by atoms with Gasteiger partial charge in [-0.3, -0.25) is 5.10 Å². The van der Waals surface area contributed by atoms with Crippen molar-refractivity contribution >= 4 is 29.1 Å². The first-order valence-electron chi connectivity index (χ1n) is 8.80. The van der Waals surface area contributed by atoms with Crippen LogP contribution in [0.4, 0.5) is 17.6 Å². The Bertz CT molecular complexity index is 975. The number of hydrogen-bond donors (Lipinski definition) is 2. The molecule has 1 unspecified atom stereocenters. The first-order chi connectivity index (χ1) is 12.7. The summed E-state index contributed by atoms with van der Waals surface area (Å²) in [5.41, 5.74) is 2.00. The number of nitrogens with one attached hydrogen (secondary N) is 2. The van der Waals surface area contributed by atoms with Crippen LogP contribution in [0.15, 0.2) is 24.4 Å². The molecule has 9 nitrogen and oxygen atoms in total. The average molecular weight is 353 g/mol. The maximum atomic E-state index is 11.9. The molecule has 1 saturated carbocycles. The summed E-state index contributed by atoms with van der Waals surface area (Å²) in [6, 6.07) is 5.46. The molecular formula is C17H19N7O2. The van der Waals surface area contributed by atoms with Gasteiger partial charge in [-0.15, -0.1) is 5.10 Å². The third kappa shape index (κ3) is 2.56. The van der Waals surface area contributed by atoms with Gasteiger partial charge in [0.05, 0.1) is 6.54 Å². The minimum absolute atomic E-state index is 0.261. The molecule has 3 aromatic heterocycles. The molecule has 0 bridgehead atoms. The highest BCUT2D eigenvalue weighted by Crippen LogP contribution is 2.39. The van der Waals surface area contributed by atoms with Gasteiger partial charge in [-0.25, -0.2) is 9.31 Å². The van der Waals surface area contributed by atoms with Gasteiger partial charge in [0.25, 0.3) is 0 Å². The van der Waals surface area contributed by atoms with Crippen LogP contribution in [0, 0.1) is 0 Å². The van der Waals surface area contributed by atoms with Crippen LogP contribution in [0.25, 0.3) is 5.52 Å². The molecule has 1 aliphatic heterocycles. The van der Waals surface area contributed by atoms with Gasteiger partial charge in [0.2, 0.25) is 5.95 Å². The van der Waals surface area contributed by atoms with Crippen molar-refractivity contribution in [3.8, 4) is 0 Å². The molecule has 2 fully saturated rings. The monoisotopic (exact) mass is 353 g/mol. The molecule has 3 aromatic rings. The number of aromatic amines is 1. The van der Waals surface area contributed by atoms with Crippen molar-refractivity contribution in [2.75, 3.05) is 23.4 Å². The van der Waals surface area contributed by atoms with Crippen LogP contribution in [-0.2, 0) is 9.53 Å². The number of ether oxygens (including phenoxy) is 1. The standard InChI is InChI=1S/C17H19N7O2/c1-10-16(25)26-8-7-23(10)17-19-15(13-3-2-6-24(13)22-17)18-14-9-12(20-21-14)11-4-5-11/h2-3,6,9-11H,4-5,7-8H2,1H3,(H2,18,19,20,21,22). The Morgan fingerprint density at radius 3 is 3.12 bits per heavy atom. The quantitative estimate of drug-likeness (QED) is 0.690. The van der Waals surface area contributed by atoms with Crippen LogP contribution in [0.2, 0.25) is 0 Å². The Morgan fingerprint density at radius 2 is 2.27 bits per heavy atom. The molecule has 0 amide bonds. The van der Waals surface area contributed by atoms with Gasteiger partial charge in [-0.1, -0.05) is 0 Å². The lowest BCUT2D eigenvalue weighted by Gasteiger charge is -2.31. The summed E-state index contributed by atoms with van der Waals surface area (Å²) < 4.78 is 6.85. The zero-order chi connectivity index (χ0) is 17.7. The smallest absolute Gasteiger partial charge is 0.328 e. The third-order valence-corrected chi connectivity index (χ3v) is 4.88. The van der Waals surface area contributed by atoms with Crippen LogP contribution in [-0.4, -0.2) is 50.0 Å². The van der Waals surface area contributed by atoms with Crippen molar-refractivity contribution in [1.29, 1.82) is 0 Å². The number of hydrogen-bond acceptors (Lipinski definition) is 7. The van der Waals surface area contributed by atoms with Crippen LogP contribution in [0.3, 0.4) is 0 Å². The molecule has 5 rings (SSSR count). The number of esters is 1. The third-order valence-electron chi connectivity index (χ3n) is 4.88. The SMILES string of the molecule is CC1C(=O)OCCN1c1nc(Nc2cc(C3CC3)[nH]n2)c2cccn2n1. The Balaban J connectivity index is 1.51. The minimum Gasteiger partial charge on any atom is -0.462 e. The topological polar surface area (TPSA) is 100 Å². The second-order valence-corrected chi connectivity index (χ2v) is 6.74. The molecule has 134 valence electrons. The van der Waals surface area contributed by atoms with E-state index in [2.05, 4.69) is 25.6 Å². The second kappa shape index (κ2) is 5.72. The molecule has 4 heterocycles. The number of H-pyrrole nitrogens is 1. The van der Waals surface area contributed by atoms with Crippen LogP contribution >= 0.6 is 0 Å². The fraction of sp³-hybridized carbons (Fsp3) is 0.412. The van der Waals surface area contributed by atoms with Crippen molar-refractivity contribution in [1.82, 2.24) is 24.8 Å². The van der Waals surface area contributed by atoms with Gasteiger partial charge >= 0.3 is 5.97 Å². The van der Waals surface area contributed by atoms with Crippen molar-refractivity contribution < 1.29 is 9.53 Å². The van der Waals surface area contributed by atoms with E-state index in [4.69, 9.17) is 4.74 Å². The molecular weight excluding hydrogens is 334 g/mol. The highest BCUT2D eigenvalue weighted by atomic mass is 16.5. The average Bonchev–Trinajstić information content (AvgIpc) is 3.19. The van der Waals surface area contributed by atoms with E-state index in [0.717, 1.165) is 17.0 Å². The molecule has 0 aromatic carbocycles. The first kappa shape index (κ1) is 15.2. The predicted molar refractivity (Wildman–Crippen MR) is 94.6 cm³/mol. The molecule has 1 atom stereocenters. The molecule has 0 radical (unpaired) electrons. The molecule has 9 heteroatoms. The van der Waals surface area contributed by atoms with Gasteiger partial charge < -0.3 is 15.0 Å². The summed E-state index contributed by atoms with van der Waals surface area (Å²) in [6.45, 7) is 2.70. The molecule has 2 N–H and O–H groups in total.